The van der Waals surface area contributed by atoms with Crippen LogP contribution in [0.1, 0.15) is 37.4 Å². The lowest BCUT2D eigenvalue weighted by Crippen LogP contribution is -2.23. The molecule has 0 spiro atoms. The summed E-state index contributed by atoms with van der Waals surface area (Å²) in [6, 6.07) is 12.2. The second kappa shape index (κ2) is 6.87. The van der Waals surface area contributed by atoms with Crippen molar-refractivity contribution in [3.8, 4) is 0 Å². The highest BCUT2D eigenvalue weighted by atomic mass is 16.5. The minimum Gasteiger partial charge on any atom is -0.348 e. The third-order valence-corrected chi connectivity index (χ3v) is 3.54. The molecule has 0 heterocycles. The molecule has 3 N–H and O–H groups in total. The molecule has 5 heteroatoms. The van der Waals surface area contributed by atoms with Gasteiger partial charge in [0.2, 0.25) is 0 Å². The quantitative estimate of drug-likeness (QED) is 0.599. The summed E-state index contributed by atoms with van der Waals surface area (Å²) >= 11 is 0. The highest BCUT2D eigenvalue weighted by molar-refractivity contribution is 5.94. The van der Waals surface area contributed by atoms with E-state index < -0.39 is 5.91 Å². The van der Waals surface area contributed by atoms with Crippen LogP contribution in [-0.4, -0.2) is 17.0 Å². The number of hydrogen-bond donors (Lipinski definition) is 3. The molecule has 2 rings (SSSR count). The molecule has 0 saturated carbocycles. The normalized spacial score (nSPS) is 10.1. The molecule has 0 atom stereocenters. The van der Waals surface area contributed by atoms with Crippen LogP contribution in [0.25, 0.3) is 0 Å². The first kappa shape index (κ1) is 15.7. The standard InChI is InChI=1S/C17H18N2O3/c1-11-3-6-15(9-12(11)2)16(20)18-10-13-4-7-14(8-5-13)17(21)19-22/h3-9,22H,10H2,1-2H3,(H,18,20)(H,19,21). The molecule has 22 heavy (non-hydrogen) atoms. The average Bonchev–Trinajstić information content (AvgIpc) is 2.54. The first-order chi connectivity index (χ1) is 10.5. The van der Waals surface area contributed by atoms with E-state index in [1.54, 1.807) is 35.8 Å². The van der Waals surface area contributed by atoms with Crippen molar-refractivity contribution >= 4 is 11.8 Å². The average molecular weight is 298 g/mol. The molecular weight excluding hydrogens is 280 g/mol. The van der Waals surface area contributed by atoms with E-state index in [2.05, 4.69) is 5.32 Å². The lowest BCUT2D eigenvalue weighted by Gasteiger charge is -2.08. The van der Waals surface area contributed by atoms with Gasteiger partial charge >= 0.3 is 0 Å². The van der Waals surface area contributed by atoms with E-state index in [0.717, 1.165) is 16.7 Å². The van der Waals surface area contributed by atoms with Crippen LogP contribution in [0.5, 0.6) is 0 Å². The van der Waals surface area contributed by atoms with E-state index in [1.165, 1.54) is 0 Å². The topological polar surface area (TPSA) is 78.4 Å². The SMILES string of the molecule is Cc1ccc(C(=O)NCc2ccc(C(=O)NO)cc2)cc1C. The highest BCUT2D eigenvalue weighted by Gasteiger charge is 2.07. The summed E-state index contributed by atoms with van der Waals surface area (Å²) in [4.78, 5) is 23.3. The summed E-state index contributed by atoms with van der Waals surface area (Å²) in [5.41, 5.74) is 5.64. The van der Waals surface area contributed by atoms with E-state index >= 15 is 0 Å². The Morgan fingerprint density at radius 3 is 2.14 bits per heavy atom. The molecule has 0 aliphatic heterocycles. The Hall–Kier alpha value is -2.66. The first-order valence-corrected chi connectivity index (χ1v) is 6.90. The van der Waals surface area contributed by atoms with Gasteiger partial charge in [-0.1, -0.05) is 18.2 Å². The smallest absolute Gasteiger partial charge is 0.274 e. The van der Waals surface area contributed by atoms with Crippen LogP contribution in [0.2, 0.25) is 0 Å². The van der Waals surface area contributed by atoms with E-state index in [4.69, 9.17) is 5.21 Å². The molecule has 5 nitrogen and oxygen atoms in total. The molecule has 2 amide bonds. The fraction of sp³-hybridized carbons (Fsp3) is 0.176. The summed E-state index contributed by atoms with van der Waals surface area (Å²) in [5.74, 6) is -0.703. The zero-order valence-electron chi connectivity index (χ0n) is 12.5. The maximum atomic E-state index is 12.1. The van der Waals surface area contributed by atoms with Crippen LogP contribution in [0.4, 0.5) is 0 Å². The van der Waals surface area contributed by atoms with Gasteiger partial charge in [-0.05, 0) is 54.8 Å². The minimum absolute atomic E-state index is 0.139. The van der Waals surface area contributed by atoms with E-state index in [9.17, 15) is 9.59 Å². The summed E-state index contributed by atoms with van der Waals surface area (Å²) in [6.45, 7) is 4.34. The van der Waals surface area contributed by atoms with Gasteiger partial charge in [0.05, 0.1) is 0 Å². The van der Waals surface area contributed by atoms with Crippen LogP contribution in [-0.2, 0) is 6.54 Å². The van der Waals surface area contributed by atoms with Crippen molar-refractivity contribution in [2.24, 2.45) is 0 Å². The monoisotopic (exact) mass is 298 g/mol. The van der Waals surface area contributed by atoms with Crippen molar-refractivity contribution in [3.05, 3.63) is 70.3 Å². The Bertz CT molecular complexity index is 694. The van der Waals surface area contributed by atoms with Crippen LogP contribution in [0.3, 0.4) is 0 Å². The highest BCUT2D eigenvalue weighted by Crippen LogP contribution is 2.10. The van der Waals surface area contributed by atoms with Crippen molar-refractivity contribution in [2.45, 2.75) is 20.4 Å². The fourth-order valence-electron chi connectivity index (χ4n) is 2.01. The molecule has 0 radical (unpaired) electrons. The second-order valence-corrected chi connectivity index (χ2v) is 5.12. The van der Waals surface area contributed by atoms with E-state index in [0.29, 0.717) is 17.7 Å². The molecule has 0 bridgehead atoms. The van der Waals surface area contributed by atoms with Crippen molar-refractivity contribution in [1.29, 1.82) is 0 Å². The molecule has 0 aliphatic rings. The van der Waals surface area contributed by atoms with Gasteiger partial charge < -0.3 is 5.32 Å². The number of carbonyl (C=O) groups is 2. The number of aryl methyl sites for hydroxylation is 2. The number of amides is 2. The van der Waals surface area contributed by atoms with Crippen LogP contribution in [0.15, 0.2) is 42.5 Å². The third kappa shape index (κ3) is 3.71. The Balaban J connectivity index is 1.98. The van der Waals surface area contributed by atoms with E-state index in [1.807, 2.05) is 26.0 Å². The van der Waals surface area contributed by atoms with Crippen molar-refractivity contribution < 1.29 is 14.8 Å². The summed E-state index contributed by atoms with van der Waals surface area (Å²) in [5, 5.41) is 11.4. The Morgan fingerprint density at radius 1 is 0.909 bits per heavy atom. The molecule has 0 aromatic heterocycles. The van der Waals surface area contributed by atoms with Crippen molar-refractivity contribution in [2.75, 3.05) is 0 Å². The van der Waals surface area contributed by atoms with Gasteiger partial charge in [0.25, 0.3) is 11.8 Å². The molecule has 114 valence electrons. The number of benzene rings is 2. The molecule has 2 aromatic rings. The lowest BCUT2D eigenvalue weighted by molar-refractivity contribution is 0.0706. The minimum atomic E-state index is -0.564. The summed E-state index contributed by atoms with van der Waals surface area (Å²) in [6.07, 6.45) is 0. The van der Waals surface area contributed by atoms with Gasteiger partial charge in [-0.25, -0.2) is 5.48 Å². The fourth-order valence-corrected chi connectivity index (χ4v) is 2.01. The van der Waals surface area contributed by atoms with Gasteiger partial charge in [0.1, 0.15) is 0 Å². The predicted octanol–water partition coefficient (Wildman–Crippen LogP) is 2.35. The van der Waals surface area contributed by atoms with Crippen LogP contribution in [0, 0.1) is 13.8 Å². The van der Waals surface area contributed by atoms with Gasteiger partial charge in [0.15, 0.2) is 0 Å². The Morgan fingerprint density at radius 2 is 1.55 bits per heavy atom. The Kier molecular flexibility index (Phi) is 4.91. The second-order valence-electron chi connectivity index (χ2n) is 5.12. The number of nitrogens with one attached hydrogen (secondary N) is 2. The largest absolute Gasteiger partial charge is 0.348 e. The van der Waals surface area contributed by atoms with Crippen LogP contribution < -0.4 is 10.8 Å². The zero-order chi connectivity index (χ0) is 16.1. The van der Waals surface area contributed by atoms with Crippen molar-refractivity contribution in [3.63, 3.8) is 0 Å². The molecule has 0 saturated heterocycles. The molecular formula is C17H18N2O3. The zero-order valence-corrected chi connectivity index (χ0v) is 12.5. The van der Waals surface area contributed by atoms with Gasteiger partial charge in [-0.3, -0.25) is 14.8 Å². The lowest BCUT2D eigenvalue weighted by atomic mass is 10.1. The predicted molar refractivity (Wildman–Crippen MR) is 82.8 cm³/mol. The number of hydrogen-bond acceptors (Lipinski definition) is 3. The van der Waals surface area contributed by atoms with E-state index in [-0.39, 0.29) is 5.91 Å². The van der Waals surface area contributed by atoms with Gasteiger partial charge in [-0.2, -0.15) is 0 Å². The first-order valence-electron chi connectivity index (χ1n) is 6.90. The molecule has 2 aromatic carbocycles. The number of hydroxylamine groups is 1. The summed E-state index contributed by atoms with van der Waals surface area (Å²) < 4.78 is 0. The number of rotatable bonds is 4. The van der Waals surface area contributed by atoms with Gasteiger partial charge in [0, 0.05) is 17.7 Å². The molecule has 0 aliphatic carbocycles. The van der Waals surface area contributed by atoms with Gasteiger partial charge in [-0.15, -0.1) is 0 Å². The maximum Gasteiger partial charge on any atom is 0.274 e. The van der Waals surface area contributed by atoms with Crippen LogP contribution >= 0.6 is 0 Å². The summed E-state index contributed by atoms with van der Waals surface area (Å²) in [7, 11) is 0. The third-order valence-electron chi connectivity index (χ3n) is 3.54. The molecule has 0 fully saturated rings. The van der Waals surface area contributed by atoms with Crippen molar-refractivity contribution in [1.82, 2.24) is 10.8 Å². The molecule has 0 unspecified atom stereocenters. The maximum absolute atomic E-state index is 12.1. The number of carbonyl (C=O) groups excluding carboxylic acids is 2. The Labute approximate surface area is 128 Å².